The highest BCUT2D eigenvalue weighted by atomic mass is 16.5. The smallest absolute Gasteiger partial charge is 0.306 e. The van der Waals surface area contributed by atoms with E-state index in [0.29, 0.717) is 19.3 Å². The Balaban J connectivity index is 4.43. The maximum atomic E-state index is 13.2. The summed E-state index contributed by atoms with van der Waals surface area (Å²) in [6.45, 7) is 6.53. The maximum Gasteiger partial charge on any atom is 0.306 e. The molecular weight excluding hydrogens is 779 g/mol. The zero-order valence-corrected chi connectivity index (χ0v) is 43.0. The van der Waals surface area contributed by atoms with Gasteiger partial charge in [-0.3, -0.25) is 9.59 Å². The summed E-state index contributed by atoms with van der Waals surface area (Å²) in [6, 6.07) is -0.692. The minimum atomic E-state index is -0.779. The van der Waals surface area contributed by atoms with Crippen LogP contribution in [-0.4, -0.2) is 46.9 Å². The zero-order valence-electron chi connectivity index (χ0n) is 43.0. The molecule has 3 N–H and O–H groups in total. The number of esters is 1. The third kappa shape index (κ3) is 47.2. The van der Waals surface area contributed by atoms with Crippen molar-refractivity contribution in [2.75, 3.05) is 6.61 Å². The number of ether oxygens (including phenoxy) is 1. The monoisotopic (exact) mass is 892 g/mol. The third-order valence-electron chi connectivity index (χ3n) is 13.7. The van der Waals surface area contributed by atoms with Crippen molar-refractivity contribution in [2.45, 2.75) is 347 Å². The van der Waals surface area contributed by atoms with Crippen molar-refractivity contribution in [3.05, 3.63) is 0 Å². The standard InChI is InChI=1S/C57H113NO5/c1-4-7-10-13-16-19-22-25-27-28-29-30-32-35-38-41-44-47-50-57(62)63-53(48-45-42-39-36-33-24-21-18-15-12-9-6-3)51-56(61)58-54(52-59)55(60)49-46-43-40-37-34-31-26-23-20-17-14-11-8-5-2/h53-55,59-60H,4-52H2,1-3H3,(H,58,61). The fourth-order valence-corrected chi connectivity index (χ4v) is 9.32. The Morgan fingerprint density at radius 1 is 0.397 bits per heavy atom. The van der Waals surface area contributed by atoms with E-state index >= 15 is 0 Å². The highest BCUT2D eigenvalue weighted by Crippen LogP contribution is 2.19. The summed E-state index contributed by atoms with van der Waals surface area (Å²) in [7, 11) is 0. The van der Waals surface area contributed by atoms with Crippen molar-refractivity contribution in [1.82, 2.24) is 5.32 Å². The maximum absolute atomic E-state index is 13.2. The predicted octanol–water partition coefficient (Wildman–Crippen LogP) is 17.5. The number of amides is 1. The van der Waals surface area contributed by atoms with Gasteiger partial charge < -0.3 is 20.3 Å². The van der Waals surface area contributed by atoms with Crippen LogP contribution in [0.5, 0.6) is 0 Å². The van der Waals surface area contributed by atoms with Crippen LogP contribution >= 0.6 is 0 Å². The Morgan fingerprint density at radius 3 is 0.968 bits per heavy atom. The van der Waals surface area contributed by atoms with Crippen molar-refractivity contribution in [2.24, 2.45) is 0 Å². The van der Waals surface area contributed by atoms with Gasteiger partial charge in [-0.05, 0) is 25.7 Å². The van der Waals surface area contributed by atoms with Gasteiger partial charge in [-0.15, -0.1) is 0 Å². The lowest BCUT2D eigenvalue weighted by molar-refractivity contribution is -0.151. The van der Waals surface area contributed by atoms with Crippen LogP contribution in [0.2, 0.25) is 0 Å². The summed E-state index contributed by atoms with van der Waals surface area (Å²) in [5, 5.41) is 23.9. The van der Waals surface area contributed by atoms with E-state index in [-0.39, 0.29) is 24.9 Å². The second-order valence-electron chi connectivity index (χ2n) is 20.1. The SMILES string of the molecule is CCCCCCCCCCCCCCCCCCCCC(=O)OC(CCCCCCCCCCCCCC)CC(=O)NC(CO)C(O)CCCCCCCCCCCCCCCC. The number of aliphatic hydroxyl groups excluding tert-OH is 2. The van der Waals surface area contributed by atoms with Crippen molar-refractivity contribution in [3.63, 3.8) is 0 Å². The Kier molecular flexibility index (Phi) is 50.9. The fourth-order valence-electron chi connectivity index (χ4n) is 9.32. The molecule has 6 heteroatoms. The van der Waals surface area contributed by atoms with Gasteiger partial charge in [-0.1, -0.05) is 290 Å². The summed E-state index contributed by atoms with van der Waals surface area (Å²) >= 11 is 0. The van der Waals surface area contributed by atoms with Crippen LogP contribution in [0.25, 0.3) is 0 Å². The second kappa shape index (κ2) is 51.8. The molecule has 0 aliphatic rings. The highest BCUT2D eigenvalue weighted by molar-refractivity contribution is 5.77. The molecule has 0 spiro atoms. The molecule has 0 aliphatic carbocycles. The van der Waals surface area contributed by atoms with Crippen molar-refractivity contribution >= 4 is 11.9 Å². The molecule has 0 aromatic carbocycles. The minimum Gasteiger partial charge on any atom is -0.462 e. The molecule has 376 valence electrons. The molecule has 0 aliphatic heterocycles. The molecule has 0 aromatic rings. The summed E-state index contributed by atoms with van der Waals surface area (Å²) in [5.74, 6) is -0.446. The van der Waals surface area contributed by atoms with Crippen molar-refractivity contribution in [1.29, 1.82) is 0 Å². The first kappa shape index (κ1) is 61.9. The van der Waals surface area contributed by atoms with E-state index in [9.17, 15) is 19.8 Å². The number of aliphatic hydroxyl groups is 2. The summed E-state index contributed by atoms with van der Waals surface area (Å²) in [5.41, 5.74) is 0. The third-order valence-corrected chi connectivity index (χ3v) is 13.7. The van der Waals surface area contributed by atoms with E-state index in [0.717, 1.165) is 38.5 Å². The quantitative estimate of drug-likeness (QED) is 0.0418. The Hall–Kier alpha value is -1.14. The molecule has 3 atom stereocenters. The van der Waals surface area contributed by atoms with Gasteiger partial charge in [0, 0.05) is 6.42 Å². The molecule has 0 fully saturated rings. The number of carbonyl (C=O) groups is 2. The second-order valence-corrected chi connectivity index (χ2v) is 20.1. The average Bonchev–Trinajstić information content (AvgIpc) is 3.28. The van der Waals surface area contributed by atoms with Gasteiger partial charge in [-0.25, -0.2) is 0 Å². The number of carbonyl (C=O) groups excluding carboxylic acids is 2. The Morgan fingerprint density at radius 2 is 0.667 bits per heavy atom. The van der Waals surface area contributed by atoms with Crippen LogP contribution in [0.4, 0.5) is 0 Å². The van der Waals surface area contributed by atoms with Gasteiger partial charge in [0.15, 0.2) is 0 Å². The summed E-state index contributed by atoms with van der Waals surface area (Å²) in [4.78, 5) is 26.2. The van der Waals surface area contributed by atoms with E-state index < -0.39 is 18.2 Å². The largest absolute Gasteiger partial charge is 0.462 e. The fraction of sp³-hybridized carbons (Fsp3) is 0.965. The molecule has 0 bridgehead atoms. The van der Waals surface area contributed by atoms with E-state index in [1.54, 1.807) is 0 Å². The van der Waals surface area contributed by atoms with Gasteiger partial charge >= 0.3 is 5.97 Å². The number of unbranched alkanes of at least 4 members (excludes halogenated alkanes) is 41. The first-order valence-electron chi connectivity index (χ1n) is 28.8. The molecule has 0 rings (SSSR count). The lowest BCUT2D eigenvalue weighted by Gasteiger charge is -2.24. The average molecular weight is 893 g/mol. The molecule has 63 heavy (non-hydrogen) atoms. The Labute approximate surface area is 394 Å². The number of nitrogens with one attached hydrogen (secondary N) is 1. The number of rotatable bonds is 53. The van der Waals surface area contributed by atoms with E-state index in [1.165, 1.54) is 244 Å². The van der Waals surface area contributed by atoms with Gasteiger partial charge in [0.1, 0.15) is 6.10 Å². The van der Waals surface area contributed by atoms with Gasteiger partial charge in [0.05, 0.1) is 25.2 Å². The highest BCUT2D eigenvalue weighted by Gasteiger charge is 2.24. The van der Waals surface area contributed by atoms with E-state index in [2.05, 4.69) is 26.1 Å². The van der Waals surface area contributed by atoms with Crippen molar-refractivity contribution < 1.29 is 24.5 Å². The molecule has 0 saturated carbocycles. The van der Waals surface area contributed by atoms with Crippen LogP contribution in [-0.2, 0) is 14.3 Å². The van der Waals surface area contributed by atoms with Crippen LogP contribution in [0, 0.1) is 0 Å². The molecule has 0 heterocycles. The van der Waals surface area contributed by atoms with Gasteiger partial charge in [-0.2, -0.15) is 0 Å². The van der Waals surface area contributed by atoms with Crippen molar-refractivity contribution in [3.8, 4) is 0 Å². The molecule has 0 saturated heterocycles. The Bertz CT molecular complexity index is 913. The van der Waals surface area contributed by atoms with Crippen LogP contribution in [0.1, 0.15) is 329 Å². The van der Waals surface area contributed by atoms with E-state index in [4.69, 9.17) is 4.74 Å². The van der Waals surface area contributed by atoms with E-state index in [1.807, 2.05) is 0 Å². The molecule has 1 amide bonds. The van der Waals surface area contributed by atoms with Crippen LogP contribution < -0.4 is 5.32 Å². The zero-order chi connectivity index (χ0) is 45.9. The van der Waals surface area contributed by atoms with Crippen LogP contribution in [0.3, 0.4) is 0 Å². The molecule has 0 radical (unpaired) electrons. The molecular formula is C57H113NO5. The minimum absolute atomic E-state index is 0.0883. The lowest BCUT2D eigenvalue weighted by Crippen LogP contribution is -2.46. The summed E-state index contributed by atoms with van der Waals surface area (Å²) < 4.78 is 5.96. The number of hydrogen-bond donors (Lipinski definition) is 3. The number of hydrogen-bond acceptors (Lipinski definition) is 5. The topological polar surface area (TPSA) is 95.9 Å². The first-order chi connectivity index (χ1) is 31.0. The predicted molar refractivity (Wildman–Crippen MR) is 274 cm³/mol. The first-order valence-corrected chi connectivity index (χ1v) is 28.8. The van der Waals surface area contributed by atoms with Gasteiger partial charge in [0.2, 0.25) is 5.91 Å². The lowest BCUT2D eigenvalue weighted by atomic mass is 10.0. The van der Waals surface area contributed by atoms with Crippen LogP contribution in [0.15, 0.2) is 0 Å². The molecule has 6 nitrogen and oxygen atoms in total. The molecule has 3 unspecified atom stereocenters. The normalized spacial score (nSPS) is 13.0. The summed E-state index contributed by atoms with van der Waals surface area (Å²) in [6.07, 6.45) is 57.4. The molecule has 0 aromatic heterocycles. The van der Waals surface area contributed by atoms with Gasteiger partial charge in [0.25, 0.3) is 0 Å².